The first-order chi connectivity index (χ1) is 11.3. The largest absolute Gasteiger partial charge is 0.481 e. The Morgan fingerprint density at radius 2 is 1.92 bits per heavy atom. The lowest BCUT2D eigenvalue weighted by Crippen LogP contribution is -2.46. The van der Waals surface area contributed by atoms with Crippen LogP contribution >= 0.6 is 0 Å². The van der Waals surface area contributed by atoms with E-state index in [4.69, 9.17) is 5.11 Å². The molecule has 2 rings (SSSR count). The van der Waals surface area contributed by atoms with E-state index >= 15 is 0 Å². The summed E-state index contributed by atoms with van der Waals surface area (Å²) in [6.45, 7) is 7.17. The summed E-state index contributed by atoms with van der Waals surface area (Å²) in [7, 11) is 0. The highest BCUT2D eigenvalue weighted by Crippen LogP contribution is 2.35. The van der Waals surface area contributed by atoms with Gasteiger partial charge in [0.05, 0.1) is 12.5 Å². The third-order valence-electron chi connectivity index (χ3n) is 4.46. The Morgan fingerprint density at radius 1 is 1.25 bits per heavy atom. The zero-order valence-corrected chi connectivity index (χ0v) is 14.8. The molecule has 0 spiro atoms. The monoisotopic (exact) mass is 329 g/mol. The van der Waals surface area contributed by atoms with Crippen molar-refractivity contribution < 1.29 is 14.7 Å². The smallest absolute Gasteiger partial charge is 0.303 e. The standard InChI is InChI=1S/C20H27NO3/c1-20(2,3)16-11-9-15(10-12-16)17-14-18(22)21(17)13-7-5-4-6-8-19(23)24/h5,7,9-12,17H,4,6,8,13-14H2,1-3H3,(H,23,24)/t17-/m1/s1. The molecule has 130 valence electrons. The number of benzene rings is 1. The zero-order valence-electron chi connectivity index (χ0n) is 14.8. The van der Waals surface area contributed by atoms with Gasteiger partial charge in [-0.05, 0) is 29.4 Å². The molecule has 1 amide bonds. The van der Waals surface area contributed by atoms with E-state index in [-0.39, 0.29) is 23.8 Å². The molecule has 0 aromatic heterocycles. The molecule has 1 atom stereocenters. The van der Waals surface area contributed by atoms with E-state index in [0.717, 1.165) is 6.42 Å². The molecule has 4 nitrogen and oxygen atoms in total. The van der Waals surface area contributed by atoms with Crippen molar-refractivity contribution in [2.45, 2.75) is 57.9 Å². The normalized spacial score (nSPS) is 18.0. The molecule has 1 saturated heterocycles. The van der Waals surface area contributed by atoms with Gasteiger partial charge in [0, 0.05) is 13.0 Å². The van der Waals surface area contributed by atoms with Gasteiger partial charge in [0.25, 0.3) is 0 Å². The molecule has 1 heterocycles. The van der Waals surface area contributed by atoms with Gasteiger partial charge in [0.1, 0.15) is 0 Å². The summed E-state index contributed by atoms with van der Waals surface area (Å²) < 4.78 is 0. The Balaban J connectivity index is 1.89. The van der Waals surface area contributed by atoms with Crippen LogP contribution in [0.25, 0.3) is 0 Å². The van der Waals surface area contributed by atoms with Crippen LogP contribution in [0.2, 0.25) is 0 Å². The van der Waals surface area contributed by atoms with Crippen LogP contribution in [-0.4, -0.2) is 28.4 Å². The molecule has 1 aliphatic heterocycles. The van der Waals surface area contributed by atoms with Crippen LogP contribution in [0.15, 0.2) is 36.4 Å². The number of aliphatic carboxylic acids is 1. The number of unbranched alkanes of at least 4 members (excludes halogenated alkanes) is 1. The van der Waals surface area contributed by atoms with Crippen LogP contribution in [0.1, 0.15) is 63.6 Å². The number of allylic oxidation sites excluding steroid dienone is 1. The van der Waals surface area contributed by atoms with Gasteiger partial charge in [0.15, 0.2) is 0 Å². The molecule has 0 saturated carbocycles. The Morgan fingerprint density at radius 3 is 2.46 bits per heavy atom. The van der Waals surface area contributed by atoms with E-state index in [1.54, 1.807) is 0 Å². The lowest BCUT2D eigenvalue weighted by molar-refractivity contribution is -0.145. The van der Waals surface area contributed by atoms with Crippen molar-refractivity contribution >= 4 is 11.9 Å². The van der Waals surface area contributed by atoms with E-state index in [1.807, 2.05) is 17.1 Å². The van der Waals surface area contributed by atoms with Gasteiger partial charge in [-0.1, -0.05) is 57.2 Å². The van der Waals surface area contributed by atoms with Crippen molar-refractivity contribution in [2.75, 3.05) is 6.54 Å². The minimum absolute atomic E-state index is 0.131. The number of amides is 1. The SMILES string of the molecule is CC(C)(C)c1ccc([C@H]2CC(=O)N2CC=CCCCC(=O)O)cc1. The molecule has 1 N–H and O–H groups in total. The number of carbonyl (C=O) groups excluding carboxylic acids is 1. The van der Waals surface area contributed by atoms with Crippen LogP contribution in [0.5, 0.6) is 0 Å². The molecular formula is C20H27NO3. The van der Waals surface area contributed by atoms with Gasteiger partial charge < -0.3 is 10.0 Å². The van der Waals surface area contributed by atoms with Crippen molar-refractivity contribution in [1.82, 2.24) is 4.90 Å². The van der Waals surface area contributed by atoms with Crippen molar-refractivity contribution in [2.24, 2.45) is 0 Å². The third kappa shape index (κ3) is 4.70. The van der Waals surface area contributed by atoms with Crippen molar-refractivity contribution in [1.29, 1.82) is 0 Å². The molecule has 4 heteroatoms. The zero-order chi connectivity index (χ0) is 17.7. The summed E-state index contributed by atoms with van der Waals surface area (Å²) in [6.07, 6.45) is 6.07. The maximum Gasteiger partial charge on any atom is 0.303 e. The molecule has 1 aromatic carbocycles. The number of carboxylic acids is 1. The van der Waals surface area contributed by atoms with E-state index in [2.05, 4.69) is 45.0 Å². The predicted octanol–water partition coefficient (Wildman–Crippen LogP) is 4.07. The van der Waals surface area contributed by atoms with Gasteiger partial charge >= 0.3 is 5.97 Å². The maximum absolute atomic E-state index is 11.9. The van der Waals surface area contributed by atoms with Gasteiger partial charge in [-0.15, -0.1) is 0 Å². The van der Waals surface area contributed by atoms with Gasteiger partial charge in [-0.25, -0.2) is 0 Å². The molecule has 0 unspecified atom stereocenters. The van der Waals surface area contributed by atoms with Gasteiger partial charge in [-0.3, -0.25) is 9.59 Å². The highest BCUT2D eigenvalue weighted by Gasteiger charge is 2.36. The third-order valence-corrected chi connectivity index (χ3v) is 4.46. The quantitative estimate of drug-likeness (QED) is 0.466. The minimum Gasteiger partial charge on any atom is -0.481 e. The maximum atomic E-state index is 11.9. The summed E-state index contributed by atoms with van der Waals surface area (Å²) in [5.41, 5.74) is 2.61. The fraction of sp³-hybridized carbons (Fsp3) is 0.500. The Bertz CT molecular complexity index is 611. The van der Waals surface area contributed by atoms with Gasteiger partial charge in [0.2, 0.25) is 5.91 Å². The number of β-lactam (4-membered cyclic amide) rings is 1. The first-order valence-electron chi connectivity index (χ1n) is 8.56. The number of carbonyl (C=O) groups is 2. The minimum atomic E-state index is -0.764. The van der Waals surface area contributed by atoms with Crippen molar-refractivity contribution in [3.8, 4) is 0 Å². The van der Waals surface area contributed by atoms with E-state index in [0.29, 0.717) is 19.4 Å². The molecule has 1 aliphatic rings. The van der Waals surface area contributed by atoms with Crippen LogP contribution in [0, 0.1) is 0 Å². The topological polar surface area (TPSA) is 57.6 Å². The summed E-state index contributed by atoms with van der Waals surface area (Å²) in [5.74, 6) is -0.588. The summed E-state index contributed by atoms with van der Waals surface area (Å²) in [5, 5.41) is 8.59. The Labute approximate surface area is 144 Å². The van der Waals surface area contributed by atoms with Crippen LogP contribution in [0.3, 0.4) is 0 Å². The first kappa shape index (κ1) is 18.2. The second-order valence-electron chi connectivity index (χ2n) is 7.40. The molecule has 0 aliphatic carbocycles. The fourth-order valence-electron chi connectivity index (χ4n) is 2.86. The van der Waals surface area contributed by atoms with Crippen LogP contribution in [0.4, 0.5) is 0 Å². The molecule has 24 heavy (non-hydrogen) atoms. The average Bonchev–Trinajstić information content (AvgIpc) is 2.50. The molecule has 0 bridgehead atoms. The highest BCUT2D eigenvalue weighted by atomic mass is 16.4. The molecule has 1 fully saturated rings. The average molecular weight is 329 g/mol. The van der Waals surface area contributed by atoms with Crippen LogP contribution in [-0.2, 0) is 15.0 Å². The van der Waals surface area contributed by atoms with Crippen molar-refractivity contribution in [3.05, 3.63) is 47.5 Å². The molecular weight excluding hydrogens is 302 g/mol. The number of rotatable bonds is 7. The number of nitrogens with zero attached hydrogens (tertiary/aromatic N) is 1. The molecule has 0 radical (unpaired) electrons. The lowest BCUT2D eigenvalue weighted by Gasteiger charge is -2.40. The number of hydrogen-bond donors (Lipinski definition) is 1. The predicted molar refractivity (Wildman–Crippen MR) is 94.8 cm³/mol. The lowest BCUT2D eigenvalue weighted by atomic mass is 9.85. The van der Waals surface area contributed by atoms with Crippen LogP contribution < -0.4 is 0 Å². The first-order valence-corrected chi connectivity index (χ1v) is 8.56. The van der Waals surface area contributed by atoms with E-state index in [1.165, 1.54) is 11.1 Å². The second kappa shape index (κ2) is 7.65. The number of hydrogen-bond acceptors (Lipinski definition) is 2. The Kier molecular flexibility index (Phi) is 5.81. The number of likely N-dealkylation sites (tertiary alicyclic amines) is 1. The van der Waals surface area contributed by atoms with E-state index in [9.17, 15) is 9.59 Å². The summed E-state index contributed by atoms with van der Waals surface area (Å²) in [6, 6.07) is 8.72. The fourth-order valence-corrected chi connectivity index (χ4v) is 2.86. The Hall–Kier alpha value is -2.10. The van der Waals surface area contributed by atoms with Crippen molar-refractivity contribution in [3.63, 3.8) is 0 Å². The summed E-state index contributed by atoms with van der Waals surface area (Å²) in [4.78, 5) is 24.2. The number of carboxylic acid groups (broad SMARTS) is 1. The van der Waals surface area contributed by atoms with Gasteiger partial charge in [-0.2, -0.15) is 0 Å². The highest BCUT2D eigenvalue weighted by molar-refractivity contribution is 5.83. The summed E-state index contributed by atoms with van der Waals surface area (Å²) >= 11 is 0. The van der Waals surface area contributed by atoms with E-state index < -0.39 is 5.97 Å². The molecule has 1 aromatic rings. The second-order valence-corrected chi connectivity index (χ2v) is 7.40.